The molecule has 86 valence electrons. The average Bonchev–Trinajstić information content (AvgIpc) is 2.65. The summed E-state index contributed by atoms with van der Waals surface area (Å²) in [5, 5.41) is 11.2. The third kappa shape index (κ3) is 3.38. The molecule has 0 aliphatic rings. The summed E-state index contributed by atoms with van der Waals surface area (Å²) in [5.41, 5.74) is 0.645. The van der Waals surface area contributed by atoms with Crippen LogP contribution in [0.4, 0.5) is 0 Å². The highest BCUT2D eigenvalue weighted by atomic mass is 79.9. The summed E-state index contributed by atoms with van der Waals surface area (Å²) in [6, 6.07) is 3.84. The van der Waals surface area contributed by atoms with E-state index in [0.29, 0.717) is 25.1 Å². The zero-order valence-corrected chi connectivity index (χ0v) is 10.7. The summed E-state index contributed by atoms with van der Waals surface area (Å²) in [6.45, 7) is 3.28. The molecule has 0 aliphatic heterocycles. The van der Waals surface area contributed by atoms with Gasteiger partial charge >= 0.3 is 0 Å². The fraction of sp³-hybridized carbons (Fsp3) is 0.455. The normalized spacial score (nSPS) is 9.81. The van der Waals surface area contributed by atoms with E-state index in [2.05, 4.69) is 21.2 Å². The number of nitrogens with zero attached hydrogens (tertiary/aromatic N) is 2. The molecule has 1 N–H and O–H groups in total. The predicted octanol–water partition coefficient (Wildman–Crippen LogP) is 2.30. The molecule has 0 saturated carbocycles. The maximum atomic E-state index is 11.8. The third-order valence-electron chi connectivity index (χ3n) is 2.19. The van der Waals surface area contributed by atoms with E-state index in [-0.39, 0.29) is 5.91 Å². The monoisotopic (exact) mass is 283 g/mol. The Bertz CT molecular complexity index is 406. The standard InChI is InChI=1S/C11H14BrN3O/c1-2-15-8-9(12)7-10(15)11(16)14-6-4-3-5-13/h7-8H,2-4,6H2,1H3,(H,14,16). The van der Waals surface area contributed by atoms with E-state index in [1.54, 1.807) is 6.07 Å². The number of carbonyl (C=O) groups excluding carboxylic acids is 1. The van der Waals surface area contributed by atoms with Crippen LogP contribution in [0.2, 0.25) is 0 Å². The van der Waals surface area contributed by atoms with Crippen LogP contribution in [0.25, 0.3) is 0 Å². The Kier molecular flexibility index (Phi) is 5.06. The summed E-state index contributed by atoms with van der Waals surface area (Å²) in [6.07, 6.45) is 3.04. The lowest BCUT2D eigenvalue weighted by Gasteiger charge is -2.06. The van der Waals surface area contributed by atoms with Crippen LogP contribution in [0.1, 0.15) is 30.3 Å². The largest absolute Gasteiger partial charge is 0.351 e. The summed E-state index contributed by atoms with van der Waals surface area (Å²) < 4.78 is 2.78. The van der Waals surface area contributed by atoms with Gasteiger partial charge < -0.3 is 9.88 Å². The van der Waals surface area contributed by atoms with Crippen LogP contribution in [-0.2, 0) is 6.54 Å². The molecule has 5 heteroatoms. The second kappa shape index (κ2) is 6.33. The maximum Gasteiger partial charge on any atom is 0.267 e. The molecule has 1 amide bonds. The first kappa shape index (κ1) is 12.8. The summed E-state index contributed by atoms with van der Waals surface area (Å²) in [4.78, 5) is 11.8. The Balaban J connectivity index is 2.55. The van der Waals surface area contributed by atoms with Crippen molar-refractivity contribution >= 4 is 21.8 Å². The third-order valence-corrected chi connectivity index (χ3v) is 2.62. The number of nitriles is 1. The Hall–Kier alpha value is -1.28. The van der Waals surface area contributed by atoms with Crippen molar-refractivity contribution in [2.75, 3.05) is 6.54 Å². The molecule has 4 nitrogen and oxygen atoms in total. The second-order valence-electron chi connectivity index (χ2n) is 3.35. The molecule has 0 fully saturated rings. The topological polar surface area (TPSA) is 57.8 Å². The van der Waals surface area contributed by atoms with Gasteiger partial charge in [0.25, 0.3) is 5.91 Å². The molecular formula is C11H14BrN3O. The first-order valence-corrected chi connectivity index (χ1v) is 5.99. The van der Waals surface area contributed by atoms with Crippen LogP contribution in [0.15, 0.2) is 16.7 Å². The summed E-state index contributed by atoms with van der Waals surface area (Å²) in [7, 11) is 0. The molecule has 1 heterocycles. The molecule has 0 aromatic carbocycles. The van der Waals surface area contributed by atoms with Crippen LogP contribution < -0.4 is 5.32 Å². The SMILES string of the molecule is CCn1cc(Br)cc1C(=O)NCCCC#N. The number of nitrogens with one attached hydrogen (secondary N) is 1. The van der Waals surface area contributed by atoms with E-state index < -0.39 is 0 Å². The fourth-order valence-corrected chi connectivity index (χ4v) is 1.85. The number of amides is 1. The lowest BCUT2D eigenvalue weighted by molar-refractivity contribution is 0.0944. The Morgan fingerprint density at radius 3 is 3.06 bits per heavy atom. The average molecular weight is 284 g/mol. The molecule has 0 spiro atoms. The number of halogens is 1. The van der Waals surface area contributed by atoms with E-state index in [9.17, 15) is 4.79 Å². The zero-order chi connectivity index (χ0) is 12.0. The minimum Gasteiger partial charge on any atom is -0.351 e. The van der Waals surface area contributed by atoms with E-state index >= 15 is 0 Å². The summed E-state index contributed by atoms with van der Waals surface area (Å²) in [5.74, 6) is -0.0921. The van der Waals surface area contributed by atoms with Gasteiger partial charge in [-0.2, -0.15) is 5.26 Å². The van der Waals surface area contributed by atoms with Crippen LogP contribution in [0, 0.1) is 11.3 Å². The van der Waals surface area contributed by atoms with Crippen molar-refractivity contribution in [1.82, 2.24) is 9.88 Å². The minimum atomic E-state index is -0.0921. The van der Waals surface area contributed by atoms with Crippen LogP contribution in [0.3, 0.4) is 0 Å². The second-order valence-corrected chi connectivity index (χ2v) is 4.26. The molecule has 0 bridgehead atoms. The molecule has 1 aromatic rings. The van der Waals surface area contributed by atoms with Gasteiger partial charge in [0.15, 0.2) is 0 Å². The van der Waals surface area contributed by atoms with Gasteiger partial charge in [0.1, 0.15) is 5.69 Å². The summed E-state index contributed by atoms with van der Waals surface area (Å²) >= 11 is 3.34. The van der Waals surface area contributed by atoms with Crippen molar-refractivity contribution in [3.05, 3.63) is 22.4 Å². The Morgan fingerprint density at radius 1 is 1.69 bits per heavy atom. The highest BCUT2D eigenvalue weighted by Gasteiger charge is 2.11. The van der Waals surface area contributed by atoms with Gasteiger partial charge in [-0.25, -0.2) is 0 Å². The lowest BCUT2D eigenvalue weighted by atomic mass is 10.3. The highest BCUT2D eigenvalue weighted by molar-refractivity contribution is 9.10. The Labute approximate surface area is 103 Å². The van der Waals surface area contributed by atoms with Crippen molar-refractivity contribution in [3.63, 3.8) is 0 Å². The van der Waals surface area contributed by atoms with Gasteiger partial charge in [0.05, 0.1) is 6.07 Å². The first-order valence-electron chi connectivity index (χ1n) is 5.19. The Morgan fingerprint density at radius 2 is 2.44 bits per heavy atom. The van der Waals surface area contributed by atoms with Crippen LogP contribution in [0.5, 0.6) is 0 Å². The van der Waals surface area contributed by atoms with Gasteiger partial charge in [-0.15, -0.1) is 0 Å². The van der Waals surface area contributed by atoms with Crippen LogP contribution >= 0.6 is 15.9 Å². The zero-order valence-electron chi connectivity index (χ0n) is 9.16. The molecule has 1 aromatic heterocycles. The fourth-order valence-electron chi connectivity index (χ4n) is 1.39. The van der Waals surface area contributed by atoms with Gasteiger partial charge in [-0.05, 0) is 35.3 Å². The van der Waals surface area contributed by atoms with Gasteiger partial charge in [0, 0.05) is 30.2 Å². The lowest BCUT2D eigenvalue weighted by Crippen LogP contribution is -2.26. The smallest absolute Gasteiger partial charge is 0.267 e. The molecule has 1 rings (SSSR count). The van der Waals surface area contributed by atoms with Gasteiger partial charge in [-0.1, -0.05) is 0 Å². The molecular weight excluding hydrogens is 270 g/mol. The molecule has 0 unspecified atom stereocenters. The number of aryl methyl sites for hydroxylation is 1. The van der Waals surface area contributed by atoms with Crippen molar-refractivity contribution in [2.24, 2.45) is 0 Å². The van der Waals surface area contributed by atoms with Gasteiger partial charge in [0.2, 0.25) is 0 Å². The van der Waals surface area contributed by atoms with E-state index in [1.807, 2.05) is 23.8 Å². The van der Waals surface area contributed by atoms with Crippen LogP contribution in [-0.4, -0.2) is 17.0 Å². The predicted molar refractivity (Wildman–Crippen MR) is 65.0 cm³/mol. The molecule has 0 atom stereocenters. The minimum absolute atomic E-state index is 0.0921. The van der Waals surface area contributed by atoms with E-state index in [0.717, 1.165) is 11.0 Å². The molecule has 0 aliphatic carbocycles. The molecule has 16 heavy (non-hydrogen) atoms. The van der Waals surface area contributed by atoms with Gasteiger partial charge in [-0.3, -0.25) is 4.79 Å². The first-order chi connectivity index (χ1) is 7.69. The number of hydrogen-bond donors (Lipinski definition) is 1. The number of rotatable bonds is 5. The van der Waals surface area contributed by atoms with Crippen molar-refractivity contribution in [3.8, 4) is 6.07 Å². The maximum absolute atomic E-state index is 11.8. The number of hydrogen-bond acceptors (Lipinski definition) is 2. The van der Waals surface area contributed by atoms with E-state index in [4.69, 9.17) is 5.26 Å². The molecule has 0 saturated heterocycles. The van der Waals surface area contributed by atoms with Crippen molar-refractivity contribution < 1.29 is 4.79 Å². The quantitative estimate of drug-likeness (QED) is 0.843. The number of unbranched alkanes of at least 4 members (excludes halogenated alkanes) is 1. The van der Waals surface area contributed by atoms with Crippen molar-refractivity contribution in [2.45, 2.75) is 26.3 Å². The molecule has 0 radical (unpaired) electrons. The van der Waals surface area contributed by atoms with E-state index in [1.165, 1.54) is 0 Å². The number of aromatic nitrogens is 1. The van der Waals surface area contributed by atoms with Crippen molar-refractivity contribution in [1.29, 1.82) is 5.26 Å². The highest BCUT2D eigenvalue weighted by Crippen LogP contribution is 2.14. The number of carbonyl (C=O) groups is 1.